The van der Waals surface area contributed by atoms with Crippen molar-refractivity contribution in [3.63, 3.8) is 0 Å². The van der Waals surface area contributed by atoms with E-state index in [0.717, 1.165) is 78.5 Å². The monoisotopic (exact) mass is 474 g/mol. The number of nitrogens with zero attached hydrogens (tertiary/aromatic N) is 4. The van der Waals surface area contributed by atoms with Crippen LogP contribution in [-0.4, -0.2) is 60.2 Å². The standard InChI is InChI=1S/C27H30N4O4/c1-32-22-8-4-20(5-9-22)24-16-28-26(34-24)18-30-12-3-13-31(15-14-30)19-27-29-17-25(35-27)21-6-10-23(33-2)11-7-21/h4-11,16-17H,3,12-15,18-19H2,1-2H3. The third-order valence-corrected chi connectivity index (χ3v) is 6.26. The second-order valence-electron chi connectivity index (χ2n) is 8.60. The van der Waals surface area contributed by atoms with Gasteiger partial charge in [-0.3, -0.25) is 9.80 Å². The lowest BCUT2D eigenvalue weighted by Gasteiger charge is -2.19. The summed E-state index contributed by atoms with van der Waals surface area (Å²) in [5.74, 6) is 4.67. The Morgan fingerprint density at radius 1 is 0.657 bits per heavy atom. The van der Waals surface area contributed by atoms with E-state index in [1.165, 1.54) is 0 Å². The Bertz CT molecular complexity index is 1120. The van der Waals surface area contributed by atoms with Gasteiger partial charge in [-0.1, -0.05) is 0 Å². The summed E-state index contributed by atoms with van der Waals surface area (Å²) < 4.78 is 22.5. The minimum absolute atomic E-state index is 0.699. The molecule has 1 fully saturated rings. The van der Waals surface area contributed by atoms with E-state index in [0.29, 0.717) is 13.1 Å². The van der Waals surface area contributed by atoms with Crippen LogP contribution >= 0.6 is 0 Å². The quantitative estimate of drug-likeness (QED) is 0.363. The Kier molecular flexibility index (Phi) is 7.11. The van der Waals surface area contributed by atoms with Gasteiger partial charge in [0.25, 0.3) is 0 Å². The molecule has 4 aromatic rings. The van der Waals surface area contributed by atoms with Crippen LogP contribution in [0.15, 0.2) is 69.8 Å². The first-order chi connectivity index (χ1) is 17.2. The van der Waals surface area contributed by atoms with Gasteiger partial charge in [0.1, 0.15) is 11.5 Å². The van der Waals surface area contributed by atoms with Crippen molar-refractivity contribution in [2.24, 2.45) is 0 Å². The van der Waals surface area contributed by atoms with Crippen LogP contribution < -0.4 is 9.47 Å². The Balaban J connectivity index is 1.14. The van der Waals surface area contributed by atoms with Crippen LogP contribution in [0.25, 0.3) is 22.6 Å². The molecule has 0 N–H and O–H groups in total. The second-order valence-corrected chi connectivity index (χ2v) is 8.60. The number of ether oxygens (including phenoxy) is 2. The molecule has 1 aliphatic heterocycles. The fraction of sp³-hybridized carbons (Fsp3) is 0.333. The summed E-state index contributed by atoms with van der Waals surface area (Å²) in [7, 11) is 3.32. The third kappa shape index (κ3) is 5.72. The van der Waals surface area contributed by atoms with E-state index in [1.54, 1.807) is 26.6 Å². The molecular formula is C27H30N4O4. The number of benzene rings is 2. The van der Waals surface area contributed by atoms with Gasteiger partial charge in [0.15, 0.2) is 11.5 Å². The maximum atomic E-state index is 6.03. The molecule has 2 aromatic heterocycles. The van der Waals surface area contributed by atoms with E-state index >= 15 is 0 Å². The molecule has 0 unspecified atom stereocenters. The Morgan fingerprint density at radius 2 is 1.09 bits per heavy atom. The molecule has 1 saturated heterocycles. The second kappa shape index (κ2) is 10.8. The van der Waals surface area contributed by atoms with Crippen molar-refractivity contribution < 1.29 is 18.3 Å². The van der Waals surface area contributed by atoms with Gasteiger partial charge in [-0.05, 0) is 68.0 Å². The molecule has 8 nitrogen and oxygen atoms in total. The lowest BCUT2D eigenvalue weighted by Crippen LogP contribution is -2.30. The molecule has 0 spiro atoms. The molecule has 3 heterocycles. The predicted octanol–water partition coefficient (Wildman–Crippen LogP) is 4.72. The average molecular weight is 475 g/mol. The van der Waals surface area contributed by atoms with E-state index < -0.39 is 0 Å². The van der Waals surface area contributed by atoms with Crippen molar-refractivity contribution in [3.05, 3.63) is 72.7 Å². The van der Waals surface area contributed by atoms with Crippen molar-refractivity contribution in [2.45, 2.75) is 19.5 Å². The largest absolute Gasteiger partial charge is 0.497 e. The smallest absolute Gasteiger partial charge is 0.209 e. The highest BCUT2D eigenvalue weighted by Crippen LogP contribution is 2.25. The van der Waals surface area contributed by atoms with Crippen LogP contribution in [0.2, 0.25) is 0 Å². The highest BCUT2D eigenvalue weighted by molar-refractivity contribution is 5.58. The lowest BCUT2D eigenvalue weighted by molar-refractivity contribution is 0.222. The summed E-state index contributed by atoms with van der Waals surface area (Å²) in [6, 6.07) is 15.6. The first kappa shape index (κ1) is 23.1. The van der Waals surface area contributed by atoms with Crippen molar-refractivity contribution in [3.8, 4) is 34.1 Å². The van der Waals surface area contributed by atoms with Crippen molar-refractivity contribution in [2.75, 3.05) is 40.4 Å². The summed E-state index contributed by atoms with van der Waals surface area (Å²) in [5, 5.41) is 0. The van der Waals surface area contributed by atoms with Crippen LogP contribution in [0, 0.1) is 0 Å². The number of oxazole rings is 2. The van der Waals surface area contributed by atoms with Crippen LogP contribution in [-0.2, 0) is 13.1 Å². The SMILES string of the molecule is COc1ccc(-c2cnc(CN3CCCN(Cc4ncc(-c5ccc(OC)cc5)o4)CC3)o2)cc1. The van der Waals surface area contributed by atoms with Gasteiger partial charge in [-0.2, -0.15) is 0 Å². The lowest BCUT2D eigenvalue weighted by atomic mass is 10.2. The molecular weight excluding hydrogens is 444 g/mol. The van der Waals surface area contributed by atoms with E-state index in [2.05, 4.69) is 19.8 Å². The number of methoxy groups -OCH3 is 2. The number of hydrogen-bond donors (Lipinski definition) is 0. The zero-order valence-electron chi connectivity index (χ0n) is 20.1. The molecule has 0 atom stereocenters. The van der Waals surface area contributed by atoms with Gasteiger partial charge in [-0.25, -0.2) is 9.97 Å². The van der Waals surface area contributed by atoms with E-state index in [4.69, 9.17) is 18.3 Å². The summed E-state index contributed by atoms with van der Waals surface area (Å²) in [5.41, 5.74) is 1.98. The van der Waals surface area contributed by atoms with E-state index in [-0.39, 0.29) is 0 Å². The molecule has 1 aliphatic rings. The molecule has 0 aliphatic carbocycles. The maximum absolute atomic E-state index is 6.03. The molecule has 35 heavy (non-hydrogen) atoms. The molecule has 8 heteroatoms. The van der Waals surface area contributed by atoms with E-state index in [1.807, 2.05) is 48.5 Å². The molecule has 5 rings (SSSR count). The van der Waals surface area contributed by atoms with Crippen molar-refractivity contribution in [1.29, 1.82) is 0 Å². The minimum Gasteiger partial charge on any atom is -0.497 e. The number of aromatic nitrogens is 2. The fourth-order valence-electron chi connectivity index (χ4n) is 4.27. The molecule has 182 valence electrons. The first-order valence-corrected chi connectivity index (χ1v) is 11.8. The van der Waals surface area contributed by atoms with Gasteiger partial charge in [0, 0.05) is 24.2 Å². The predicted molar refractivity (Wildman–Crippen MR) is 132 cm³/mol. The zero-order chi connectivity index (χ0) is 24.0. The average Bonchev–Trinajstić information content (AvgIpc) is 3.51. The fourth-order valence-corrected chi connectivity index (χ4v) is 4.27. The van der Waals surface area contributed by atoms with Gasteiger partial charge < -0.3 is 18.3 Å². The van der Waals surface area contributed by atoms with Crippen LogP contribution in [0.1, 0.15) is 18.2 Å². The van der Waals surface area contributed by atoms with Gasteiger partial charge in [-0.15, -0.1) is 0 Å². The Morgan fingerprint density at radius 3 is 1.49 bits per heavy atom. The third-order valence-electron chi connectivity index (χ3n) is 6.26. The summed E-state index contributed by atoms with van der Waals surface area (Å²) in [6.45, 7) is 5.27. The van der Waals surface area contributed by atoms with Crippen molar-refractivity contribution >= 4 is 0 Å². The first-order valence-electron chi connectivity index (χ1n) is 11.8. The highest BCUT2D eigenvalue weighted by Gasteiger charge is 2.19. The normalized spacial score (nSPS) is 15.1. The molecule has 0 radical (unpaired) electrons. The molecule has 0 saturated carbocycles. The topological polar surface area (TPSA) is 77.0 Å². The summed E-state index contributed by atoms with van der Waals surface area (Å²) in [6.07, 6.45) is 4.66. The van der Waals surface area contributed by atoms with Gasteiger partial charge >= 0.3 is 0 Å². The zero-order valence-corrected chi connectivity index (χ0v) is 20.1. The number of rotatable bonds is 8. The summed E-state index contributed by atoms with van der Waals surface area (Å²) >= 11 is 0. The Hall–Kier alpha value is -3.62. The maximum Gasteiger partial charge on any atom is 0.209 e. The highest BCUT2D eigenvalue weighted by atomic mass is 16.5. The summed E-state index contributed by atoms with van der Waals surface area (Å²) in [4.78, 5) is 13.8. The Labute approximate surface area is 205 Å². The van der Waals surface area contributed by atoms with Crippen molar-refractivity contribution in [1.82, 2.24) is 19.8 Å². The molecule has 0 amide bonds. The van der Waals surface area contributed by atoms with E-state index in [9.17, 15) is 0 Å². The van der Waals surface area contributed by atoms with Crippen LogP contribution in [0.4, 0.5) is 0 Å². The van der Waals surface area contributed by atoms with Crippen LogP contribution in [0.3, 0.4) is 0 Å². The van der Waals surface area contributed by atoms with Gasteiger partial charge in [0.2, 0.25) is 11.8 Å². The van der Waals surface area contributed by atoms with Gasteiger partial charge in [0.05, 0.1) is 39.7 Å². The molecule has 2 aromatic carbocycles. The number of hydrogen-bond acceptors (Lipinski definition) is 8. The van der Waals surface area contributed by atoms with Crippen LogP contribution in [0.5, 0.6) is 11.5 Å². The minimum atomic E-state index is 0.699. The molecule has 0 bridgehead atoms.